The highest BCUT2D eigenvalue weighted by molar-refractivity contribution is 5.98. The van der Waals surface area contributed by atoms with Crippen LogP contribution in [0.1, 0.15) is 68.1 Å². The summed E-state index contributed by atoms with van der Waals surface area (Å²) in [6.07, 6.45) is 9.93. The molecule has 3 aliphatic heterocycles. The fourth-order valence-corrected chi connectivity index (χ4v) is 7.23. The third kappa shape index (κ3) is 3.42. The lowest BCUT2D eigenvalue weighted by molar-refractivity contribution is -0.156. The first-order valence-corrected chi connectivity index (χ1v) is 12.8. The van der Waals surface area contributed by atoms with Gasteiger partial charge in [-0.05, 0) is 76.1 Å². The van der Waals surface area contributed by atoms with Crippen molar-refractivity contribution in [3.63, 3.8) is 0 Å². The van der Waals surface area contributed by atoms with Crippen LogP contribution in [0.4, 0.5) is 0 Å². The van der Waals surface area contributed by atoms with Gasteiger partial charge in [0.1, 0.15) is 5.75 Å². The van der Waals surface area contributed by atoms with Crippen molar-refractivity contribution >= 4 is 11.8 Å². The highest BCUT2D eigenvalue weighted by Crippen LogP contribution is 2.53. The number of amides is 2. The highest BCUT2D eigenvalue weighted by Gasteiger charge is 2.57. The van der Waals surface area contributed by atoms with E-state index in [4.69, 9.17) is 4.74 Å². The largest absolute Gasteiger partial charge is 0.467 e. The molecule has 0 radical (unpaired) electrons. The van der Waals surface area contributed by atoms with Gasteiger partial charge < -0.3 is 19.9 Å². The van der Waals surface area contributed by atoms with Gasteiger partial charge in [0.25, 0.3) is 5.91 Å². The number of para-hydroxylation sites is 1. The van der Waals surface area contributed by atoms with Crippen molar-refractivity contribution in [3.05, 3.63) is 29.8 Å². The van der Waals surface area contributed by atoms with Crippen LogP contribution in [0.15, 0.2) is 24.3 Å². The highest BCUT2D eigenvalue weighted by atomic mass is 16.5. The van der Waals surface area contributed by atoms with Crippen LogP contribution in [-0.4, -0.2) is 59.6 Å². The van der Waals surface area contributed by atoms with Crippen molar-refractivity contribution in [1.82, 2.24) is 15.1 Å². The molecule has 6 aliphatic rings. The van der Waals surface area contributed by atoms with Gasteiger partial charge in [-0.2, -0.15) is 0 Å². The van der Waals surface area contributed by atoms with Crippen molar-refractivity contribution in [3.8, 4) is 5.75 Å². The Morgan fingerprint density at radius 1 is 1.00 bits per heavy atom. The summed E-state index contributed by atoms with van der Waals surface area (Å²) in [5, 5.41) is 3.21. The van der Waals surface area contributed by atoms with E-state index in [-0.39, 0.29) is 23.7 Å². The van der Waals surface area contributed by atoms with Gasteiger partial charge in [-0.1, -0.05) is 18.6 Å². The number of fused-ring (bicyclic) bond motifs is 3. The summed E-state index contributed by atoms with van der Waals surface area (Å²) in [5.74, 6) is 1.58. The van der Waals surface area contributed by atoms with Gasteiger partial charge in [-0.15, -0.1) is 0 Å². The van der Waals surface area contributed by atoms with Gasteiger partial charge in [0.15, 0.2) is 5.72 Å². The van der Waals surface area contributed by atoms with E-state index in [1.165, 1.54) is 32.4 Å². The van der Waals surface area contributed by atoms with E-state index < -0.39 is 5.72 Å². The number of hydrogen-bond donors (Lipinski definition) is 1. The Morgan fingerprint density at radius 3 is 2.53 bits per heavy atom. The Balaban J connectivity index is 1.11. The standard InChI is InChI=1S/C26H35N3O3/c30-24-21-6-2-3-7-23(21)32-26(27-24)17-18-8-9-19(26)16-22(18)25(31)29-14-10-20(11-15-29)28-12-4-1-5-13-28/h2-3,6-7,18-20,22H,1,4-5,8-17H2,(H,27,30). The number of likely N-dealkylation sites (tertiary alicyclic amines) is 2. The second kappa shape index (κ2) is 8.05. The molecule has 3 saturated carbocycles. The molecule has 172 valence electrons. The maximum atomic E-state index is 13.5. The average molecular weight is 438 g/mol. The summed E-state index contributed by atoms with van der Waals surface area (Å²) < 4.78 is 6.46. The molecular formula is C26H35N3O3. The van der Waals surface area contributed by atoms with Crippen LogP contribution in [0.5, 0.6) is 5.75 Å². The molecule has 3 heterocycles. The third-order valence-electron chi connectivity index (χ3n) is 8.97. The Morgan fingerprint density at radius 2 is 1.78 bits per heavy atom. The number of nitrogens with one attached hydrogen (secondary N) is 1. The van der Waals surface area contributed by atoms with E-state index in [0.29, 0.717) is 23.3 Å². The number of ether oxygens (including phenoxy) is 1. The maximum absolute atomic E-state index is 13.5. The van der Waals surface area contributed by atoms with Crippen LogP contribution in [-0.2, 0) is 4.79 Å². The summed E-state index contributed by atoms with van der Waals surface area (Å²) in [4.78, 5) is 31.1. The number of piperidine rings is 2. The number of rotatable bonds is 2. The van der Waals surface area contributed by atoms with Crippen LogP contribution in [0, 0.1) is 17.8 Å². The minimum Gasteiger partial charge on any atom is -0.467 e. The maximum Gasteiger partial charge on any atom is 0.258 e. The number of carbonyl (C=O) groups is 2. The second-order valence-corrected chi connectivity index (χ2v) is 10.7. The summed E-state index contributed by atoms with van der Waals surface area (Å²) in [5.41, 5.74) is -0.0179. The normalized spacial score (nSPS) is 35.3. The predicted octanol–water partition coefficient (Wildman–Crippen LogP) is 3.42. The minimum atomic E-state index is -0.633. The first-order valence-electron chi connectivity index (χ1n) is 12.8. The van der Waals surface area contributed by atoms with Crippen molar-refractivity contribution in [2.24, 2.45) is 17.8 Å². The Labute approximate surface area is 190 Å². The molecule has 6 nitrogen and oxygen atoms in total. The molecule has 7 rings (SSSR count). The zero-order valence-corrected chi connectivity index (χ0v) is 18.9. The van der Waals surface area contributed by atoms with Gasteiger partial charge in [0.05, 0.1) is 5.56 Å². The van der Waals surface area contributed by atoms with Gasteiger partial charge in [-0.25, -0.2) is 0 Å². The number of benzene rings is 1. The van der Waals surface area contributed by atoms with E-state index >= 15 is 0 Å². The fraction of sp³-hybridized carbons (Fsp3) is 0.692. The topological polar surface area (TPSA) is 61.9 Å². The lowest BCUT2D eigenvalue weighted by Gasteiger charge is -2.55. The lowest BCUT2D eigenvalue weighted by atomic mass is 9.59. The second-order valence-electron chi connectivity index (χ2n) is 10.7. The molecule has 1 spiro atoms. The summed E-state index contributed by atoms with van der Waals surface area (Å²) in [6.45, 7) is 4.28. The molecule has 2 bridgehead atoms. The SMILES string of the molecule is O=C1NC2(CC3CCC2CC3C(=O)N2CCC(N3CCCCC3)CC2)Oc2ccccc21. The lowest BCUT2D eigenvalue weighted by Crippen LogP contribution is -2.67. The first kappa shape index (κ1) is 20.5. The third-order valence-corrected chi connectivity index (χ3v) is 8.97. The van der Waals surface area contributed by atoms with E-state index in [1.54, 1.807) is 0 Å². The molecule has 1 aromatic carbocycles. The molecule has 3 aliphatic carbocycles. The smallest absolute Gasteiger partial charge is 0.258 e. The summed E-state index contributed by atoms with van der Waals surface area (Å²) in [7, 11) is 0. The Hall–Kier alpha value is -2.08. The molecule has 0 aromatic heterocycles. The van der Waals surface area contributed by atoms with Crippen LogP contribution in [0.2, 0.25) is 0 Å². The van der Waals surface area contributed by atoms with Crippen LogP contribution >= 0.6 is 0 Å². The molecule has 5 fully saturated rings. The van der Waals surface area contributed by atoms with Gasteiger partial charge in [-0.3, -0.25) is 9.59 Å². The molecule has 4 atom stereocenters. The van der Waals surface area contributed by atoms with Crippen molar-refractivity contribution in [1.29, 1.82) is 0 Å². The van der Waals surface area contributed by atoms with Crippen molar-refractivity contribution in [2.75, 3.05) is 26.2 Å². The van der Waals surface area contributed by atoms with Crippen LogP contribution in [0.3, 0.4) is 0 Å². The van der Waals surface area contributed by atoms with E-state index in [1.807, 2.05) is 24.3 Å². The molecule has 2 amide bonds. The Bertz CT molecular complexity index is 890. The summed E-state index contributed by atoms with van der Waals surface area (Å²) >= 11 is 0. The van der Waals surface area contributed by atoms with Gasteiger partial charge >= 0.3 is 0 Å². The molecule has 2 saturated heterocycles. The van der Waals surface area contributed by atoms with Crippen LogP contribution in [0.25, 0.3) is 0 Å². The monoisotopic (exact) mass is 437 g/mol. The first-order chi connectivity index (χ1) is 15.6. The van der Waals surface area contributed by atoms with Crippen LogP contribution < -0.4 is 10.1 Å². The number of carbonyl (C=O) groups excluding carboxylic acids is 2. The average Bonchev–Trinajstić information content (AvgIpc) is 2.84. The van der Waals surface area contributed by atoms with Gasteiger partial charge in [0.2, 0.25) is 5.91 Å². The Kier molecular flexibility index (Phi) is 5.16. The summed E-state index contributed by atoms with van der Waals surface area (Å²) in [6, 6.07) is 8.17. The molecule has 32 heavy (non-hydrogen) atoms. The molecule has 1 N–H and O–H groups in total. The van der Waals surface area contributed by atoms with E-state index in [0.717, 1.165) is 51.6 Å². The molecule has 1 aromatic rings. The zero-order valence-electron chi connectivity index (χ0n) is 18.9. The predicted molar refractivity (Wildman–Crippen MR) is 121 cm³/mol. The quantitative estimate of drug-likeness (QED) is 0.770. The van der Waals surface area contributed by atoms with E-state index in [9.17, 15) is 9.59 Å². The fourth-order valence-electron chi connectivity index (χ4n) is 7.23. The minimum absolute atomic E-state index is 0.0398. The number of hydrogen-bond acceptors (Lipinski definition) is 4. The van der Waals surface area contributed by atoms with Crippen molar-refractivity contribution < 1.29 is 14.3 Å². The molecule has 4 unspecified atom stereocenters. The van der Waals surface area contributed by atoms with Gasteiger partial charge in [0, 0.05) is 37.4 Å². The zero-order chi connectivity index (χ0) is 21.7. The molecule has 6 heteroatoms. The van der Waals surface area contributed by atoms with E-state index in [2.05, 4.69) is 15.1 Å². The molecular weight excluding hydrogens is 402 g/mol. The van der Waals surface area contributed by atoms with Crippen molar-refractivity contribution in [2.45, 2.75) is 69.6 Å². The number of nitrogens with zero attached hydrogens (tertiary/aromatic N) is 2.